The predicted octanol–water partition coefficient (Wildman–Crippen LogP) is 0.576. The lowest BCUT2D eigenvalue weighted by atomic mass is 10.1. The van der Waals surface area contributed by atoms with E-state index >= 15 is 0 Å². The number of nitrogens with zero attached hydrogens (tertiary/aromatic N) is 1. The summed E-state index contributed by atoms with van der Waals surface area (Å²) in [5.74, 6) is -1.78. The van der Waals surface area contributed by atoms with Crippen molar-refractivity contribution in [3.05, 3.63) is 0 Å². The van der Waals surface area contributed by atoms with Gasteiger partial charge < -0.3 is 10.4 Å². The van der Waals surface area contributed by atoms with Gasteiger partial charge in [0.1, 0.15) is 5.92 Å². The van der Waals surface area contributed by atoms with Gasteiger partial charge in [0.2, 0.25) is 5.91 Å². The van der Waals surface area contributed by atoms with Crippen LogP contribution in [0.3, 0.4) is 0 Å². The molecule has 0 bridgehead atoms. The van der Waals surface area contributed by atoms with Crippen LogP contribution in [0.2, 0.25) is 0 Å². The molecule has 4 nitrogen and oxygen atoms in total. The summed E-state index contributed by atoms with van der Waals surface area (Å²) >= 11 is 0. The minimum absolute atomic E-state index is 0.213. The van der Waals surface area contributed by atoms with Gasteiger partial charge in [0, 0.05) is 0 Å². The van der Waals surface area contributed by atoms with Gasteiger partial charge in [-0.05, 0) is 6.42 Å². The Kier molecular flexibility index (Phi) is 5.08. The maximum atomic E-state index is 11.8. The molecule has 0 radical (unpaired) electrons. The molecule has 0 aromatic rings. The second-order valence-electron chi connectivity index (χ2n) is 2.89. The maximum Gasteiger partial charge on any atom is 0.416 e. The number of aliphatic hydroxyl groups excluding tert-OH is 1. The van der Waals surface area contributed by atoms with E-state index in [0.717, 1.165) is 0 Å². The highest BCUT2D eigenvalue weighted by atomic mass is 19.4. The third kappa shape index (κ3) is 4.65. The molecular formula is C8H11F3N2O2. The van der Waals surface area contributed by atoms with Gasteiger partial charge >= 0.3 is 6.18 Å². The number of alkyl halides is 3. The highest BCUT2D eigenvalue weighted by molar-refractivity contribution is 5.80. The van der Waals surface area contributed by atoms with Gasteiger partial charge in [-0.25, -0.2) is 0 Å². The molecule has 0 spiro atoms. The third-order valence-electron chi connectivity index (χ3n) is 1.73. The number of nitrogens with one attached hydrogen (secondary N) is 1. The van der Waals surface area contributed by atoms with Gasteiger partial charge in [-0.2, -0.15) is 18.4 Å². The van der Waals surface area contributed by atoms with E-state index in [1.54, 1.807) is 13.0 Å². The van der Waals surface area contributed by atoms with Crippen molar-refractivity contribution in [3.63, 3.8) is 0 Å². The first-order chi connectivity index (χ1) is 6.82. The van der Waals surface area contributed by atoms with Crippen molar-refractivity contribution >= 4 is 5.91 Å². The molecule has 0 fully saturated rings. The Bertz CT molecular complexity index is 260. The molecule has 0 rings (SSSR count). The topological polar surface area (TPSA) is 73.1 Å². The average molecular weight is 224 g/mol. The number of rotatable bonds is 4. The maximum absolute atomic E-state index is 11.8. The molecule has 2 N–H and O–H groups in total. The van der Waals surface area contributed by atoms with Gasteiger partial charge in [-0.15, -0.1) is 0 Å². The normalized spacial score (nSPS) is 15.2. The summed E-state index contributed by atoms with van der Waals surface area (Å²) in [4.78, 5) is 11.0. The highest BCUT2D eigenvalue weighted by Gasteiger charge is 2.38. The minimum Gasteiger partial charge on any atom is -0.382 e. The third-order valence-corrected chi connectivity index (χ3v) is 1.73. The first-order valence-electron chi connectivity index (χ1n) is 4.25. The number of carbonyl (C=O) groups is 1. The molecule has 0 aliphatic carbocycles. The Labute approximate surface area is 84.7 Å². The van der Waals surface area contributed by atoms with Crippen LogP contribution in [0, 0.1) is 17.2 Å². The molecule has 7 heteroatoms. The number of halogens is 3. The fourth-order valence-corrected chi connectivity index (χ4v) is 0.772. The Morgan fingerprint density at radius 3 is 2.47 bits per heavy atom. The highest BCUT2D eigenvalue weighted by Crippen LogP contribution is 2.19. The standard InChI is InChI=1S/C8H11F3N2O2/c1-2-5(3-12)7(15)13-4-6(14)8(9,10)11/h5-6,14H,2,4H2,1H3,(H,13,15). The number of aliphatic hydroxyl groups is 1. The second kappa shape index (κ2) is 5.56. The fourth-order valence-electron chi connectivity index (χ4n) is 0.772. The van der Waals surface area contributed by atoms with Gasteiger partial charge in [0.05, 0.1) is 12.6 Å². The summed E-state index contributed by atoms with van der Waals surface area (Å²) in [5.41, 5.74) is 0. The van der Waals surface area contributed by atoms with E-state index in [9.17, 15) is 18.0 Å². The molecule has 0 aromatic heterocycles. The van der Waals surface area contributed by atoms with Crippen molar-refractivity contribution < 1.29 is 23.1 Å². The van der Waals surface area contributed by atoms with Gasteiger partial charge in [0.15, 0.2) is 6.10 Å². The lowest BCUT2D eigenvalue weighted by molar-refractivity contribution is -0.201. The van der Waals surface area contributed by atoms with E-state index in [0.29, 0.717) is 0 Å². The summed E-state index contributed by atoms with van der Waals surface area (Å²) in [6.07, 6.45) is -7.15. The first kappa shape index (κ1) is 13.7. The summed E-state index contributed by atoms with van der Waals surface area (Å²) in [5, 5.41) is 18.8. The zero-order chi connectivity index (χ0) is 12.1. The molecule has 0 aromatic carbocycles. The Morgan fingerprint density at radius 1 is 1.60 bits per heavy atom. The lowest BCUT2D eigenvalue weighted by Crippen LogP contribution is -2.42. The van der Waals surface area contributed by atoms with Gasteiger partial charge in [-0.1, -0.05) is 6.92 Å². The molecule has 0 saturated carbocycles. The molecular weight excluding hydrogens is 213 g/mol. The van der Waals surface area contributed by atoms with Crippen LogP contribution in [-0.2, 0) is 4.79 Å². The molecule has 1 amide bonds. The molecule has 0 saturated heterocycles. The Balaban J connectivity index is 4.07. The van der Waals surface area contributed by atoms with Crippen LogP contribution in [0.25, 0.3) is 0 Å². The molecule has 0 aliphatic rings. The summed E-state index contributed by atoms with van der Waals surface area (Å²) < 4.78 is 35.4. The number of carbonyl (C=O) groups excluding carboxylic acids is 1. The summed E-state index contributed by atoms with van der Waals surface area (Å²) in [6.45, 7) is 0.633. The van der Waals surface area contributed by atoms with Crippen molar-refractivity contribution in [1.82, 2.24) is 5.32 Å². The van der Waals surface area contributed by atoms with E-state index in [2.05, 4.69) is 0 Å². The molecule has 86 valence electrons. The molecule has 2 unspecified atom stereocenters. The van der Waals surface area contributed by atoms with Crippen LogP contribution in [0.4, 0.5) is 13.2 Å². The zero-order valence-electron chi connectivity index (χ0n) is 8.01. The number of hydrogen-bond acceptors (Lipinski definition) is 3. The van der Waals surface area contributed by atoms with Crippen LogP contribution >= 0.6 is 0 Å². The fraction of sp³-hybridized carbons (Fsp3) is 0.750. The largest absolute Gasteiger partial charge is 0.416 e. The van der Waals surface area contributed by atoms with E-state index in [4.69, 9.17) is 10.4 Å². The van der Waals surface area contributed by atoms with Crippen molar-refractivity contribution in [3.8, 4) is 6.07 Å². The number of hydrogen-bond donors (Lipinski definition) is 2. The van der Waals surface area contributed by atoms with Crippen molar-refractivity contribution in [2.75, 3.05) is 6.54 Å². The van der Waals surface area contributed by atoms with Crippen LogP contribution in [-0.4, -0.2) is 29.8 Å². The molecule has 0 heterocycles. The van der Waals surface area contributed by atoms with Crippen LogP contribution in [0.1, 0.15) is 13.3 Å². The van der Waals surface area contributed by atoms with Crippen molar-refractivity contribution in [2.45, 2.75) is 25.6 Å². The quantitative estimate of drug-likeness (QED) is 0.733. The molecule has 2 atom stereocenters. The Hall–Kier alpha value is -1.29. The van der Waals surface area contributed by atoms with Crippen LogP contribution in [0.15, 0.2) is 0 Å². The number of amides is 1. The van der Waals surface area contributed by atoms with E-state index in [1.807, 2.05) is 5.32 Å². The lowest BCUT2D eigenvalue weighted by Gasteiger charge is -2.15. The van der Waals surface area contributed by atoms with E-state index in [1.165, 1.54) is 0 Å². The number of nitriles is 1. The average Bonchev–Trinajstić information content (AvgIpc) is 2.14. The van der Waals surface area contributed by atoms with E-state index < -0.39 is 30.7 Å². The first-order valence-corrected chi connectivity index (χ1v) is 4.25. The van der Waals surface area contributed by atoms with E-state index in [-0.39, 0.29) is 6.42 Å². The SMILES string of the molecule is CCC(C#N)C(=O)NCC(O)C(F)(F)F. The Morgan fingerprint density at radius 2 is 2.13 bits per heavy atom. The van der Waals surface area contributed by atoms with Crippen molar-refractivity contribution in [1.29, 1.82) is 5.26 Å². The monoisotopic (exact) mass is 224 g/mol. The smallest absolute Gasteiger partial charge is 0.382 e. The van der Waals surface area contributed by atoms with Gasteiger partial charge in [-0.3, -0.25) is 4.79 Å². The second-order valence-corrected chi connectivity index (χ2v) is 2.89. The summed E-state index contributed by atoms with van der Waals surface area (Å²) in [7, 11) is 0. The van der Waals surface area contributed by atoms with Crippen LogP contribution in [0.5, 0.6) is 0 Å². The minimum atomic E-state index is -4.76. The van der Waals surface area contributed by atoms with Crippen LogP contribution < -0.4 is 5.32 Å². The van der Waals surface area contributed by atoms with Crippen molar-refractivity contribution in [2.24, 2.45) is 5.92 Å². The molecule has 0 aliphatic heterocycles. The predicted molar refractivity (Wildman–Crippen MR) is 44.5 cm³/mol. The van der Waals surface area contributed by atoms with Gasteiger partial charge in [0.25, 0.3) is 0 Å². The zero-order valence-corrected chi connectivity index (χ0v) is 8.01. The molecule has 15 heavy (non-hydrogen) atoms. The summed E-state index contributed by atoms with van der Waals surface area (Å²) in [6, 6.07) is 1.64.